The number of anilines is 1. The van der Waals surface area contributed by atoms with Crippen molar-refractivity contribution < 1.29 is 12.8 Å². The summed E-state index contributed by atoms with van der Waals surface area (Å²) >= 11 is 5.90. The Hall–Kier alpha value is -1.59. The fraction of sp³-hybridized carbons (Fsp3) is 0.0769. The number of hydrogen-bond donors (Lipinski definition) is 1. The smallest absolute Gasteiger partial charge is 0.185 e. The van der Waals surface area contributed by atoms with Crippen molar-refractivity contribution in [2.75, 3.05) is 5.73 Å². The van der Waals surface area contributed by atoms with Crippen LogP contribution in [0.2, 0.25) is 5.02 Å². The van der Waals surface area contributed by atoms with Gasteiger partial charge in [0.25, 0.3) is 0 Å². The average Bonchev–Trinajstić information content (AvgIpc) is 2.31. The number of nitrogen functional groups attached to an aromatic ring is 1. The predicted molar refractivity (Wildman–Crippen MR) is 73.2 cm³/mol. The van der Waals surface area contributed by atoms with E-state index in [-0.39, 0.29) is 16.3 Å². The molecule has 0 bridgehead atoms. The Kier molecular flexibility index (Phi) is 3.78. The van der Waals surface area contributed by atoms with E-state index in [0.717, 1.165) is 12.1 Å². The van der Waals surface area contributed by atoms with Crippen molar-refractivity contribution in [2.45, 2.75) is 10.6 Å². The summed E-state index contributed by atoms with van der Waals surface area (Å²) in [6, 6.07) is 10.1. The second kappa shape index (κ2) is 5.19. The van der Waals surface area contributed by atoms with E-state index in [1.54, 1.807) is 24.3 Å². The molecule has 0 unspecified atom stereocenters. The van der Waals surface area contributed by atoms with Crippen LogP contribution in [0.5, 0.6) is 0 Å². The Morgan fingerprint density at radius 1 is 1.16 bits per heavy atom. The molecular weight excluding hydrogens is 289 g/mol. The number of nitrogens with two attached hydrogens (primary N) is 1. The first-order valence-electron chi connectivity index (χ1n) is 5.41. The van der Waals surface area contributed by atoms with Crippen LogP contribution in [0, 0.1) is 5.82 Å². The molecule has 2 aromatic rings. The van der Waals surface area contributed by atoms with Gasteiger partial charge in [-0.2, -0.15) is 0 Å². The largest absolute Gasteiger partial charge is 0.399 e. The number of hydrogen-bond acceptors (Lipinski definition) is 3. The molecule has 0 aromatic heterocycles. The van der Waals surface area contributed by atoms with Crippen molar-refractivity contribution in [3.63, 3.8) is 0 Å². The highest BCUT2D eigenvalue weighted by Crippen LogP contribution is 2.24. The Balaban J connectivity index is 2.41. The van der Waals surface area contributed by atoms with Crippen LogP contribution in [0.15, 0.2) is 47.4 Å². The van der Waals surface area contributed by atoms with Crippen LogP contribution < -0.4 is 5.73 Å². The third kappa shape index (κ3) is 3.05. The second-order valence-corrected chi connectivity index (χ2v) is 6.41. The summed E-state index contributed by atoms with van der Waals surface area (Å²) in [5.74, 6) is -1.21. The van der Waals surface area contributed by atoms with Gasteiger partial charge < -0.3 is 5.73 Å². The summed E-state index contributed by atoms with van der Waals surface area (Å²) < 4.78 is 38.0. The zero-order valence-electron chi connectivity index (χ0n) is 9.81. The normalized spacial score (nSPS) is 11.5. The van der Waals surface area contributed by atoms with Gasteiger partial charge in [-0.05, 0) is 29.8 Å². The molecule has 2 aromatic carbocycles. The molecule has 0 saturated carbocycles. The highest BCUT2D eigenvalue weighted by atomic mass is 35.5. The van der Waals surface area contributed by atoms with Crippen molar-refractivity contribution in [1.82, 2.24) is 0 Å². The number of rotatable bonds is 3. The number of halogens is 2. The first kappa shape index (κ1) is 13.8. The molecule has 19 heavy (non-hydrogen) atoms. The van der Waals surface area contributed by atoms with E-state index < -0.39 is 15.7 Å². The Bertz CT molecular complexity index is 716. The van der Waals surface area contributed by atoms with Gasteiger partial charge in [-0.3, -0.25) is 0 Å². The van der Waals surface area contributed by atoms with Crippen LogP contribution in [0.1, 0.15) is 5.56 Å². The maximum absolute atomic E-state index is 13.7. The molecule has 0 fully saturated rings. The lowest BCUT2D eigenvalue weighted by atomic mass is 10.2. The topological polar surface area (TPSA) is 60.2 Å². The van der Waals surface area contributed by atoms with E-state index in [1.807, 2.05) is 0 Å². The molecule has 3 nitrogen and oxygen atoms in total. The van der Waals surface area contributed by atoms with Crippen molar-refractivity contribution >= 4 is 27.1 Å². The SMILES string of the molecule is Nc1ccc(S(=O)(=O)Cc2ccccc2Cl)c(F)c1. The van der Waals surface area contributed by atoms with Crippen LogP contribution in [-0.2, 0) is 15.6 Å². The number of sulfone groups is 1. The molecule has 0 atom stereocenters. The quantitative estimate of drug-likeness (QED) is 0.886. The fourth-order valence-electron chi connectivity index (χ4n) is 1.67. The summed E-state index contributed by atoms with van der Waals surface area (Å²) in [6.07, 6.45) is 0. The van der Waals surface area contributed by atoms with Crippen molar-refractivity contribution in [3.8, 4) is 0 Å². The molecule has 0 amide bonds. The minimum atomic E-state index is -3.80. The Morgan fingerprint density at radius 3 is 2.47 bits per heavy atom. The third-order valence-corrected chi connectivity index (χ3v) is 4.66. The molecule has 0 spiro atoms. The summed E-state index contributed by atoms with van der Waals surface area (Å²) in [6.45, 7) is 0. The maximum Gasteiger partial charge on any atom is 0.185 e. The van der Waals surface area contributed by atoms with E-state index in [9.17, 15) is 12.8 Å². The van der Waals surface area contributed by atoms with E-state index >= 15 is 0 Å². The number of benzene rings is 2. The van der Waals surface area contributed by atoms with Gasteiger partial charge in [-0.1, -0.05) is 29.8 Å². The molecule has 6 heteroatoms. The average molecular weight is 300 g/mol. The summed E-state index contributed by atoms with van der Waals surface area (Å²) in [5.41, 5.74) is 6.00. The van der Waals surface area contributed by atoms with Crippen LogP contribution in [-0.4, -0.2) is 8.42 Å². The molecule has 0 radical (unpaired) electrons. The molecule has 0 aliphatic heterocycles. The van der Waals surface area contributed by atoms with Gasteiger partial charge >= 0.3 is 0 Å². The van der Waals surface area contributed by atoms with Crippen LogP contribution in [0.25, 0.3) is 0 Å². The van der Waals surface area contributed by atoms with Crippen LogP contribution in [0.3, 0.4) is 0 Å². The van der Waals surface area contributed by atoms with Gasteiger partial charge in [0.1, 0.15) is 10.7 Å². The van der Waals surface area contributed by atoms with E-state index in [1.165, 1.54) is 6.07 Å². The molecule has 0 saturated heterocycles. The summed E-state index contributed by atoms with van der Waals surface area (Å²) in [5, 5.41) is 0.335. The fourth-order valence-corrected chi connectivity index (χ4v) is 3.40. The Labute approximate surface area is 115 Å². The second-order valence-electron chi connectivity index (χ2n) is 4.04. The lowest BCUT2D eigenvalue weighted by molar-refractivity contribution is 0.567. The van der Waals surface area contributed by atoms with Gasteiger partial charge in [0.05, 0.1) is 5.75 Å². The van der Waals surface area contributed by atoms with Crippen molar-refractivity contribution in [3.05, 3.63) is 58.9 Å². The lowest BCUT2D eigenvalue weighted by Crippen LogP contribution is -2.08. The molecule has 2 N–H and O–H groups in total. The predicted octanol–water partition coefficient (Wildman–Crippen LogP) is 3.04. The monoisotopic (exact) mass is 299 g/mol. The van der Waals surface area contributed by atoms with E-state index in [2.05, 4.69) is 0 Å². The minimum absolute atomic E-state index is 0.175. The van der Waals surface area contributed by atoms with Crippen molar-refractivity contribution in [2.24, 2.45) is 0 Å². The minimum Gasteiger partial charge on any atom is -0.399 e. The van der Waals surface area contributed by atoms with Gasteiger partial charge in [-0.25, -0.2) is 12.8 Å². The third-order valence-electron chi connectivity index (χ3n) is 2.59. The Morgan fingerprint density at radius 2 is 1.84 bits per heavy atom. The van der Waals surface area contributed by atoms with Gasteiger partial charge in [0, 0.05) is 10.7 Å². The molecule has 2 rings (SSSR count). The van der Waals surface area contributed by atoms with E-state index in [4.69, 9.17) is 17.3 Å². The zero-order valence-corrected chi connectivity index (χ0v) is 11.4. The van der Waals surface area contributed by atoms with Gasteiger partial charge in [0.2, 0.25) is 0 Å². The highest BCUT2D eigenvalue weighted by Gasteiger charge is 2.20. The maximum atomic E-state index is 13.7. The first-order chi connectivity index (χ1) is 8.90. The lowest BCUT2D eigenvalue weighted by Gasteiger charge is -2.07. The van der Waals surface area contributed by atoms with E-state index in [0.29, 0.717) is 10.6 Å². The standard InChI is InChI=1S/C13H11ClFNO2S/c14-11-4-2-1-3-9(11)8-19(17,18)13-6-5-10(16)7-12(13)15/h1-7H,8,16H2. The van der Waals surface area contributed by atoms with Gasteiger partial charge in [0.15, 0.2) is 9.84 Å². The molecule has 0 heterocycles. The summed E-state index contributed by atoms with van der Waals surface area (Å²) in [7, 11) is -3.80. The molecular formula is C13H11ClFNO2S. The van der Waals surface area contributed by atoms with Gasteiger partial charge in [-0.15, -0.1) is 0 Å². The first-order valence-corrected chi connectivity index (χ1v) is 7.44. The van der Waals surface area contributed by atoms with Crippen LogP contribution >= 0.6 is 11.6 Å². The molecule has 0 aliphatic rings. The van der Waals surface area contributed by atoms with Crippen LogP contribution in [0.4, 0.5) is 10.1 Å². The zero-order chi connectivity index (χ0) is 14.0. The molecule has 100 valence electrons. The molecule has 0 aliphatic carbocycles. The highest BCUT2D eigenvalue weighted by molar-refractivity contribution is 7.90. The summed E-state index contributed by atoms with van der Waals surface area (Å²) in [4.78, 5) is -0.374. The van der Waals surface area contributed by atoms with Crippen molar-refractivity contribution in [1.29, 1.82) is 0 Å².